The number of hydrogen-bond acceptors (Lipinski definition) is 5. The van der Waals surface area contributed by atoms with E-state index in [0.717, 1.165) is 11.8 Å². The van der Waals surface area contributed by atoms with Gasteiger partial charge >= 0.3 is 0 Å². The van der Waals surface area contributed by atoms with E-state index in [1.54, 1.807) is 30.5 Å². The molecule has 3 rings (SSSR count). The molecule has 0 saturated heterocycles. The van der Waals surface area contributed by atoms with Crippen LogP contribution >= 0.6 is 0 Å². The molecule has 24 heavy (non-hydrogen) atoms. The van der Waals surface area contributed by atoms with Crippen LogP contribution in [0.1, 0.15) is 38.9 Å². The van der Waals surface area contributed by atoms with Crippen molar-refractivity contribution in [1.29, 1.82) is 0 Å². The van der Waals surface area contributed by atoms with Gasteiger partial charge in [-0.25, -0.2) is 13.8 Å². The van der Waals surface area contributed by atoms with E-state index >= 15 is 0 Å². The summed E-state index contributed by atoms with van der Waals surface area (Å²) in [5.41, 5.74) is 4.91. The van der Waals surface area contributed by atoms with Gasteiger partial charge in [0.25, 0.3) is 5.91 Å². The van der Waals surface area contributed by atoms with Gasteiger partial charge in [0.15, 0.2) is 5.78 Å². The van der Waals surface area contributed by atoms with Gasteiger partial charge in [0, 0.05) is 23.2 Å². The van der Waals surface area contributed by atoms with E-state index in [9.17, 15) is 18.0 Å². The quantitative estimate of drug-likeness (QED) is 0.822. The summed E-state index contributed by atoms with van der Waals surface area (Å²) in [7, 11) is -3.30. The van der Waals surface area contributed by atoms with Gasteiger partial charge < -0.3 is 0 Å². The van der Waals surface area contributed by atoms with Crippen LogP contribution in [0.4, 0.5) is 0 Å². The van der Waals surface area contributed by atoms with Crippen molar-refractivity contribution in [3.05, 3.63) is 52.8 Å². The average molecular weight is 348 g/mol. The fourth-order valence-electron chi connectivity index (χ4n) is 2.47. The van der Waals surface area contributed by atoms with E-state index in [1.807, 2.05) is 0 Å². The van der Waals surface area contributed by atoms with Crippen molar-refractivity contribution in [1.82, 2.24) is 14.2 Å². The van der Waals surface area contributed by atoms with Gasteiger partial charge in [0.2, 0.25) is 10.0 Å². The van der Waals surface area contributed by atoms with Crippen LogP contribution in [0.2, 0.25) is 0 Å². The lowest BCUT2D eigenvalue weighted by Crippen LogP contribution is -2.28. The second-order valence-electron chi connectivity index (χ2n) is 5.63. The molecule has 1 aliphatic rings. The first-order valence-electron chi connectivity index (χ1n) is 7.19. The Morgan fingerprint density at radius 1 is 1.12 bits per heavy atom. The first-order valence-corrected chi connectivity index (χ1v) is 9.04. The SMILES string of the molecule is CC(=O)c1ccc(C(=O)Nn2ncc3c2CN(S(C)(=O)=O)C3)cc1. The maximum absolute atomic E-state index is 12.3. The minimum absolute atomic E-state index is 0.0762. The number of rotatable bonds is 4. The number of carbonyl (C=O) groups excluding carboxylic acids is 2. The zero-order valence-electron chi connectivity index (χ0n) is 13.2. The van der Waals surface area contributed by atoms with Gasteiger partial charge in [-0.3, -0.25) is 9.59 Å². The van der Waals surface area contributed by atoms with Crippen molar-refractivity contribution in [3.8, 4) is 0 Å². The van der Waals surface area contributed by atoms with E-state index in [-0.39, 0.29) is 18.9 Å². The van der Waals surface area contributed by atoms with Crippen LogP contribution in [0.5, 0.6) is 0 Å². The lowest BCUT2D eigenvalue weighted by molar-refractivity contribution is 0.0996. The van der Waals surface area contributed by atoms with E-state index in [0.29, 0.717) is 16.8 Å². The molecule has 1 aliphatic heterocycles. The van der Waals surface area contributed by atoms with E-state index in [2.05, 4.69) is 10.5 Å². The van der Waals surface area contributed by atoms with Gasteiger partial charge in [-0.2, -0.15) is 14.2 Å². The number of aromatic nitrogens is 2. The molecule has 8 nitrogen and oxygen atoms in total. The molecule has 2 aromatic rings. The summed E-state index contributed by atoms with van der Waals surface area (Å²) in [6.07, 6.45) is 2.69. The maximum atomic E-state index is 12.3. The second kappa shape index (κ2) is 5.84. The summed E-state index contributed by atoms with van der Waals surface area (Å²) < 4.78 is 24.6. The van der Waals surface area contributed by atoms with Gasteiger partial charge in [-0.05, 0) is 19.1 Å². The standard InChI is InChI=1S/C15H16N4O4S/c1-10(20)11-3-5-12(6-4-11)15(21)17-19-14-9-18(24(2,22)23)8-13(14)7-16-19/h3-7H,8-9H2,1-2H3,(H,17,21). The predicted octanol–water partition coefficient (Wildman–Crippen LogP) is 0.745. The molecule has 126 valence electrons. The third-order valence-electron chi connectivity index (χ3n) is 3.86. The van der Waals surface area contributed by atoms with Crippen LogP contribution in [0.25, 0.3) is 0 Å². The van der Waals surface area contributed by atoms with Crippen molar-refractivity contribution in [3.63, 3.8) is 0 Å². The first-order chi connectivity index (χ1) is 11.3. The highest BCUT2D eigenvalue weighted by molar-refractivity contribution is 7.88. The molecule has 2 heterocycles. The number of carbonyl (C=O) groups is 2. The molecular weight excluding hydrogens is 332 g/mol. The number of nitrogens with zero attached hydrogens (tertiary/aromatic N) is 3. The van der Waals surface area contributed by atoms with Gasteiger partial charge in [0.1, 0.15) is 0 Å². The molecule has 0 bridgehead atoms. The zero-order chi connectivity index (χ0) is 17.5. The molecule has 0 fully saturated rings. The second-order valence-corrected chi connectivity index (χ2v) is 7.62. The van der Waals surface area contributed by atoms with E-state index in [1.165, 1.54) is 16.0 Å². The van der Waals surface area contributed by atoms with Crippen molar-refractivity contribution in [2.45, 2.75) is 20.0 Å². The third-order valence-corrected chi connectivity index (χ3v) is 5.05. The Bertz CT molecular complexity index is 915. The topological polar surface area (TPSA) is 101 Å². The molecule has 0 radical (unpaired) electrons. The number of ketones is 1. The molecule has 1 amide bonds. The van der Waals surface area contributed by atoms with Crippen LogP contribution in [0, 0.1) is 0 Å². The van der Waals surface area contributed by atoms with Gasteiger partial charge in [-0.1, -0.05) is 12.1 Å². The predicted molar refractivity (Wildman–Crippen MR) is 86.5 cm³/mol. The lowest BCUT2D eigenvalue weighted by Gasteiger charge is -2.13. The highest BCUT2D eigenvalue weighted by Crippen LogP contribution is 2.23. The number of amides is 1. The average Bonchev–Trinajstić information content (AvgIpc) is 3.09. The van der Waals surface area contributed by atoms with Crippen LogP contribution in [-0.2, 0) is 23.1 Å². The zero-order valence-corrected chi connectivity index (χ0v) is 14.0. The summed E-state index contributed by atoms with van der Waals surface area (Å²) in [6.45, 7) is 1.87. The molecule has 0 aliphatic carbocycles. The fourth-order valence-corrected chi connectivity index (χ4v) is 3.20. The van der Waals surface area contributed by atoms with Crippen molar-refractivity contribution in [2.75, 3.05) is 11.7 Å². The summed E-state index contributed by atoms with van der Waals surface area (Å²) in [5.74, 6) is -0.471. The highest BCUT2D eigenvalue weighted by atomic mass is 32.2. The minimum Gasteiger partial charge on any atom is -0.295 e. The number of hydrogen-bond donors (Lipinski definition) is 1. The van der Waals surface area contributed by atoms with E-state index < -0.39 is 15.9 Å². The lowest BCUT2D eigenvalue weighted by atomic mass is 10.1. The molecule has 9 heteroatoms. The molecule has 0 unspecified atom stereocenters. The molecular formula is C15H16N4O4S. The van der Waals surface area contributed by atoms with Crippen LogP contribution in [0.15, 0.2) is 30.5 Å². The molecule has 1 aromatic carbocycles. The number of sulfonamides is 1. The Morgan fingerprint density at radius 2 is 1.75 bits per heavy atom. The van der Waals surface area contributed by atoms with Crippen molar-refractivity contribution >= 4 is 21.7 Å². The first kappa shape index (κ1) is 16.3. The molecule has 0 saturated carbocycles. The number of fused-ring (bicyclic) bond motifs is 1. The molecule has 1 aromatic heterocycles. The Morgan fingerprint density at radius 3 is 2.33 bits per heavy atom. The van der Waals surface area contributed by atoms with Crippen molar-refractivity contribution < 1.29 is 18.0 Å². The van der Waals surface area contributed by atoms with E-state index in [4.69, 9.17) is 0 Å². The van der Waals surface area contributed by atoms with Crippen molar-refractivity contribution in [2.24, 2.45) is 0 Å². The van der Waals surface area contributed by atoms with Gasteiger partial charge in [-0.15, -0.1) is 0 Å². The van der Waals surface area contributed by atoms with Crippen LogP contribution < -0.4 is 5.43 Å². The minimum atomic E-state index is -3.30. The summed E-state index contributed by atoms with van der Waals surface area (Å²) in [5, 5.41) is 4.07. The smallest absolute Gasteiger partial charge is 0.271 e. The number of benzene rings is 1. The molecule has 0 spiro atoms. The Kier molecular flexibility index (Phi) is 3.98. The summed E-state index contributed by atoms with van der Waals surface area (Å²) >= 11 is 0. The number of nitrogens with one attached hydrogen (secondary N) is 1. The fraction of sp³-hybridized carbons (Fsp3) is 0.267. The maximum Gasteiger partial charge on any atom is 0.271 e. The summed E-state index contributed by atoms with van der Waals surface area (Å²) in [4.78, 5) is 24.8. The molecule has 0 atom stereocenters. The van der Waals surface area contributed by atoms with Crippen LogP contribution in [-0.4, -0.2) is 40.6 Å². The normalized spacial score (nSPS) is 14.4. The monoisotopic (exact) mass is 348 g/mol. The molecule has 1 N–H and O–H groups in total. The summed E-state index contributed by atoms with van der Waals surface area (Å²) in [6, 6.07) is 6.27. The largest absolute Gasteiger partial charge is 0.295 e. The third kappa shape index (κ3) is 3.08. The highest BCUT2D eigenvalue weighted by Gasteiger charge is 2.30. The Balaban J connectivity index is 1.77. The number of Topliss-reactive ketones (excluding diaryl/α,β-unsaturated/α-hetero) is 1. The Labute approximate surface area is 139 Å². The van der Waals surface area contributed by atoms with Crippen LogP contribution in [0.3, 0.4) is 0 Å². The van der Waals surface area contributed by atoms with Gasteiger partial charge in [0.05, 0.1) is 24.7 Å². The Hall–Kier alpha value is -2.52.